The van der Waals surface area contributed by atoms with Gasteiger partial charge in [-0.25, -0.2) is 0 Å². The van der Waals surface area contributed by atoms with Crippen LogP contribution in [0.4, 0.5) is 0 Å². The van der Waals surface area contributed by atoms with E-state index in [9.17, 15) is 9.59 Å². The summed E-state index contributed by atoms with van der Waals surface area (Å²) in [7, 11) is 0. The summed E-state index contributed by atoms with van der Waals surface area (Å²) in [4.78, 5) is 26.8. The summed E-state index contributed by atoms with van der Waals surface area (Å²) in [6.45, 7) is 7.63. The van der Waals surface area contributed by atoms with Gasteiger partial charge in [-0.15, -0.1) is 0 Å². The maximum atomic E-state index is 12.0. The fourth-order valence-electron chi connectivity index (χ4n) is 1.89. The Kier molecular flexibility index (Phi) is 5.55. The zero-order valence-corrected chi connectivity index (χ0v) is 11.3. The standard InChI is InChI=1S/C12H20N2O2S/c1-4-11(15)13(5-2)9-12(16)14-7-6-10(8-14)17-3/h4,10H,1,5-9H2,2-3H3. The van der Waals surface area contributed by atoms with Gasteiger partial charge < -0.3 is 9.80 Å². The van der Waals surface area contributed by atoms with Crippen molar-refractivity contribution in [2.45, 2.75) is 18.6 Å². The molecule has 1 fully saturated rings. The van der Waals surface area contributed by atoms with Crippen LogP contribution in [0.3, 0.4) is 0 Å². The first-order chi connectivity index (χ1) is 8.12. The Balaban J connectivity index is 2.48. The van der Waals surface area contributed by atoms with Crippen molar-refractivity contribution >= 4 is 23.6 Å². The largest absolute Gasteiger partial charge is 0.340 e. The third-order valence-corrected chi connectivity index (χ3v) is 4.08. The molecule has 1 saturated heterocycles. The summed E-state index contributed by atoms with van der Waals surface area (Å²) < 4.78 is 0. The second kappa shape index (κ2) is 6.69. The summed E-state index contributed by atoms with van der Waals surface area (Å²) in [5, 5.41) is 0.545. The quantitative estimate of drug-likeness (QED) is 0.689. The van der Waals surface area contributed by atoms with E-state index in [0.29, 0.717) is 11.8 Å². The average molecular weight is 256 g/mol. The SMILES string of the molecule is C=CC(=O)N(CC)CC(=O)N1CCC(SC)C1. The molecule has 1 unspecified atom stereocenters. The fraction of sp³-hybridized carbons (Fsp3) is 0.667. The van der Waals surface area contributed by atoms with E-state index in [-0.39, 0.29) is 18.4 Å². The zero-order valence-electron chi connectivity index (χ0n) is 10.5. The zero-order chi connectivity index (χ0) is 12.8. The Morgan fingerprint density at radius 3 is 2.76 bits per heavy atom. The molecule has 1 heterocycles. The van der Waals surface area contributed by atoms with Gasteiger partial charge >= 0.3 is 0 Å². The van der Waals surface area contributed by atoms with Gasteiger partial charge in [0.1, 0.15) is 0 Å². The number of carbonyl (C=O) groups is 2. The highest BCUT2D eigenvalue weighted by Crippen LogP contribution is 2.20. The molecule has 0 aromatic heterocycles. The van der Waals surface area contributed by atoms with Crippen LogP contribution >= 0.6 is 11.8 Å². The van der Waals surface area contributed by atoms with Gasteiger partial charge in [0, 0.05) is 24.9 Å². The van der Waals surface area contributed by atoms with Crippen LogP contribution in [0.15, 0.2) is 12.7 Å². The van der Waals surface area contributed by atoms with Crippen molar-refractivity contribution in [1.29, 1.82) is 0 Å². The summed E-state index contributed by atoms with van der Waals surface area (Å²) in [6.07, 6.45) is 4.37. The van der Waals surface area contributed by atoms with E-state index in [1.165, 1.54) is 11.0 Å². The lowest BCUT2D eigenvalue weighted by Crippen LogP contribution is -2.41. The third-order valence-electron chi connectivity index (χ3n) is 3.03. The summed E-state index contributed by atoms with van der Waals surface area (Å²) in [6, 6.07) is 0. The molecule has 0 saturated carbocycles. The molecule has 0 radical (unpaired) electrons. The van der Waals surface area contributed by atoms with E-state index < -0.39 is 0 Å². The number of hydrogen-bond acceptors (Lipinski definition) is 3. The first-order valence-corrected chi connectivity index (χ1v) is 7.13. The highest BCUT2D eigenvalue weighted by atomic mass is 32.2. The number of rotatable bonds is 5. The summed E-state index contributed by atoms with van der Waals surface area (Å²) in [5.74, 6) is -0.139. The monoisotopic (exact) mass is 256 g/mol. The number of amides is 2. The van der Waals surface area contributed by atoms with Crippen LogP contribution in [0.5, 0.6) is 0 Å². The summed E-state index contributed by atoms with van der Waals surface area (Å²) in [5.41, 5.74) is 0. The van der Waals surface area contributed by atoms with Crippen molar-refractivity contribution in [2.24, 2.45) is 0 Å². The molecule has 5 heteroatoms. The van der Waals surface area contributed by atoms with Crippen LogP contribution in [-0.2, 0) is 9.59 Å². The molecular formula is C12H20N2O2S. The van der Waals surface area contributed by atoms with Gasteiger partial charge in [0.2, 0.25) is 11.8 Å². The molecule has 17 heavy (non-hydrogen) atoms. The molecule has 1 atom stereocenters. The van der Waals surface area contributed by atoms with Crippen molar-refractivity contribution in [3.05, 3.63) is 12.7 Å². The number of carbonyl (C=O) groups excluding carboxylic acids is 2. The Labute approximate surface area is 107 Å². The minimum absolute atomic E-state index is 0.0404. The minimum Gasteiger partial charge on any atom is -0.340 e. The molecule has 1 aliphatic rings. The van der Waals surface area contributed by atoms with Crippen LogP contribution in [0.1, 0.15) is 13.3 Å². The fourth-order valence-corrected chi connectivity index (χ4v) is 2.56. The van der Waals surface area contributed by atoms with Crippen molar-refractivity contribution < 1.29 is 9.59 Å². The molecule has 1 rings (SSSR count). The van der Waals surface area contributed by atoms with Crippen LogP contribution < -0.4 is 0 Å². The molecule has 0 aromatic rings. The topological polar surface area (TPSA) is 40.6 Å². The van der Waals surface area contributed by atoms with Gasteiger partial charge in [0.05, 0.1) is 6.54 Å². The maximum absolute atomic E-state index is 12.0. The van der Waals surface area contributed by atoms with Gasteiger partial charge in [-0.3, -0.25) is 9.59 Å². The number of likely N-dealkylation sites (tertiary alicyclic amines) is 1. The molecule has 0 N–H and O–H groups in total. The van der Waals surface area contributed by atoms with Gasteiger partial charge in [-0.1, -0.05) is 6.58 Å². The number of hydrogen-bond donors (Lipinski definition) is 0. The van der Waals surface area contributed by atoms with Gasteiger partial charge in [-0.05, 0) is 25.7 Å². The van der Waals surface area contributed by atoms with Crippen molar-refractivity contribution in [2.75, 3.05) is 32.4 Å². The van der Waals surface area contributed by atoms with E-state index >= 15 is 0 Å². The minimum atomic E-state index is -0.179. The Bertz CT molecular complexity index is 307. The molecule has 2 amide bonds. The molecule has 1 aliphatic heterocycles. The van der Waals surface area contributed by atoms with Crippen molar-refractivity contribution in [3.8, 4) is 0 Å². The second-order valence-corrected chi connectivity index (χ2v) is 5.18. The first-order valence-electron chi connectivity index (χ1n) is 5.84. The van der Waals surface area contributed by atoms with Crippen LogP contribution in [0.2, 0.25) is 0 Å². The summed E-state index contributed by atoms with van der Waals surface area (Å²) >= 11 is 1.80. The van der Waals surface area contributed by atoms with E-state index in [1.54, 1.807) is 11.8 Å². The number of nitrogens with zero attached hydrogens (tertiary/aromatic N) is 2. The van der Waals surface area contributed by atoms with Gasteiger partial charge in [0.25, 0.3) is 0 Å². The van der Waals surface area contributed by atoms with E-state index in [1.807, 2.05) is 11.8 Å². The Morgan fingerprint density at radius 1 is 1.59 bits per heavy atom. The van der Waals surface area contributed by atoms with E-state index in [2.05, 4.69) is 12.8 Å². The lowest BCUT2D eigenvalue weighted by Gasteiger charge is -2.22. The number of likely N-dealkylation sites (N-methyl/N-ethyl adjacent to an activating group) is 1. The maximum Gasteiger partial charge on any atom is 0.246 e. The molecule has 0 spiro atoms. The Morgan fingerprint density at radius 2 is 2.29 bits per heavy atom. The van der Waals surface area contributed by atoms with Crippen LogP contribution in [-0.4, -0.2) is 59.3 Å². The second-order valence-electron chi connectivity index (χ2n) is 4.04. The van der Waals surface area contributed by atoms with E-state index in [0.717, 1.165) is 19.5 Å². The molecule has 4 nitrogen and oxygen atoms in total. The van der Waals surface area contributed by atoms with Crippen LogP contribution in [0, 0.1) is 0 Å². The van der Waals surface area contributed by atoms with Crippen LogP contribution in [0.25, 0.3) is 0 Å². The highest BCUT2D eigenvalue weighted by molar-refractivity contribution is 7.99. The molecule has 0 bridgehead atoms. The average Bonchev–Trinajstić information content (AvgIpc) is 2.83. The predicted octanol–water partition coefficient (Wildman–Crippen LogP) is 0.985. The van der Waals surface area contributed by atoms with Crippen molar-refractivity contribution in [3.63, 3.8) is 0 Å². The van der Waals surface area contributed by atoms with Gasteiger partial charge in [0.15, 0.2) is 0 Å². The van der Waals surface area contributed by atoms with Gasteiger partial charge in [-0.2, -0.15) is 11.8 Å². The number of thioether (sulfide) groups is 1. The predicted molar refractivity (Wildman–Crippen MR) is 71.0 cm³/mol. The lowest BCUT2D eigenvalue weighted by atomic mass is 10.4. The lowest BCUT2D eigenvalue weighted by molar-refractivity contribution is -0.137. The third kappa shape index (κ3) is 3.77. The normalized spacial score (nSPS) is 19.2. The van der Waals surface area contributed by atoms with E-state index in [4.69, 9.17) is 0 Å². The Hall–Kier alpha value is -0.970. The molecular weight excluding hydrogens is 236 g/mol. The highest BCUT2D eigenvalue weighted by Gasteiger charge is 2.26. The smallest absolute Gasteiger partial charge is 0.246 e. The molecule has 0 aliphatic carbocycles. The first kappa shape index (κ1) is 14.1. The van der Waals surface area contributed by atoms with Crippen molar-refractivity contribution in [1.82, 2.24) is 9.80 Å². The molecule has 0 aromatic carbocycles. The molecule has 96 valence electrons.